The van der Waals surface area contributed by atoms with E-state index in [1.165, 1.54) is 5.56 Å². The van der Waals surface area contributed by atoms with Gasteiger partial charge in [-0.25, -0.2) is 5.01 Å². The van der Waals surface area contributed by atoms with Crippen LogP contribution >= 0.6 is 0 Å². The first-order valence-corrected chi connectivity index (χ1v) is 5.33. The summed E-state index contributed by atoms with van der Waals surface area (Å²) in [6.45, 7) is 4.54. The molecule has 1 aromatic rings. The van der Waals surface area contributed by atoms with Gasteiger partial charge in [-0.15, -0.1) is 0 Å². The first-order valence-electron chi connectivity index (χ1n) is 5.33. The maximum Gasteiger partial charge on any atom is 0.150 e. The minimum Gasteiger partial charge on any atom is -0.298 e. The van der Waals surface area contributed by atoms with Crippen LogP contribution in [0.4, 0.5) is 0 Å². The van der Waals surface area contributed by atoms with E-state index in [4.69, 9.17) is 0 Å². The Morgan fingerprint density at radius 2 is 2.07 bits per heavy atom. The van der Waals surface area contributed by atoms with Gasteiger partial charge in [-0.2, -0.15) is 0 Å². The second-order valence-electron chi connectivity index (χ2n) is 3.83. The van der Waals surface area contributed by atoms with Crippen molar-refractivity contribution in [3.05, 3.63) is 35.9 Å². The molecule has 0 amide bonds. The highest BCUT2D eigenvalue weighted by Gasteiger charge is 2.51. The van der Waals surface area contributed by atoms with Gasteiger partial charge in [-0.3, -0.25) is 10.2 Å². The minimum absolute atomic E-state index is 0.0207. The van der Waals surface area contributed by atoms with Crippen LogP contribution in [0.25, 0.3) is 0 Å². The molecule has 15 heavy (non-hydrogen) atoms. The monoisotopic (exact) mass is 204 g/mol. The predicted octanol–water partition coefficient (Wildman–Crippen LogP) is 1.53. The first-order chi connectivity index (χ1) is 7.25. The maximum absolute atomic E-state index is 11.4. The zero-order valence-electron chi connectivity index (χ0n) is 9.10. The molecule has 1 N–H and O–H groups in total. The van der Waals surface area contributed by atoms with Crippen LogP contribution < -0.4 is 5.43 Å². The molecule has 0 saturated carbocycles. The SMILES string of the molecule is CCNN1[C@H](C(C)=O)[C@H]1c1ccccc1. The van der Waals surface area contributed by atoms with E-state index < -0.39 is 0 Å². The number of nitrogens with one attached hydrogen (secondary N) is 1. The van der Waals surface area contributed by atoms with Gasteiger partial charge in [-0.05, 0) is 12.5 Å². The summed E-state index contributed by atoms with van der Waals surface area (Å²) in [6, 6.07) is 10.4. The first kappa shape index (κ1) is 10.3. The quantitative estimate of drug-likeness (QED) is 0.755. The third-order valence-corrected chi connectivity index (χ3v) is 2.71. The fraction of sp³-hybridized carbons (Fsp3) is 0.417. The average Bonchev–Trinajstić information content (AvgIpc) is 2.94. The van der Waals surface area contributed by atoms with E-state index in [1.54, 1.807) is 6.92 Å². The van der Waals surface area contributed by atoms with Gasteiger partial charge in [0.25, 0.3) is 0 Å². The molecular weight excluding hydrogens is 188 g/mol. The molecule has 0 aliphatic carbocycles. The lowest BCUT2D eigenvalue weighted by Gasteiger charge is -2.02. The second-order valence-corrected chi connectivity index (χ2v) is 3.83. The van der Waals surface area contributed by atoms with Crippen molar-refractivity contribution >= 4 is 5.78 Å². The number of rotatable bonds is 4. The Hall–Kier alpha value is -1.19. The van der Waals surface area contributed by atoms with Gasteiger partial charge in [0.2, 0.25) is 0 Å². The Morgan fingerprint density at radius 3 is 2.60 bits per heavy atom. The van der Waals surface area contributed by atoms with Crippen LogP contribution in [0.2, 0.25) is 0 Å². The number of carbonyl (C=O) groups is 1. The molecule has 1 aromatic carbocycles. The van der Waals surface area contributed by atoms with Crippen LogP contribution in [0.1, 0.15) is 25.5 Å². The van der Waals surface area contributed by atoms with Gasteiger partial charge in [0, 0.05) is 6.54 Å². The Balaban J connectivity index is 2.14. The molecule has 1 saturated heterocycles. The second kappa shape index (κ2) is 4.13. The van der Waals surface area contributed by atoms with Crippen LogP contribution in [0.15, 0.2) is 30.3 Å². The molecular formula is C12H16N2O. The summed E-state index contributed by atoms with van der Waals surface area (Å²) in [5.41, 5.74) is 4.42. The Labute approximate surface area is 90.1 Å². The zero-order chi connectivity index (χ0) is 10.8. The van der Waals surface area contributed by atoms with Gasteiger partial charge in [0.1, 0.15) is 11.8 Å². The summed E-state index contributed by atoms with van der Waals surface area (Å²) in [4.78, 5) is 11.4. The number of benzene rings is 1. The topological polar surface area (TPSA) is 32.1 Å². The van der Waals surface area contributed by atoms with Gasteiger partial charge < -0.3 is 0 Å². The molecule has 1 aliphatic heterocycles. The Bertz CT molecular complexity index is 350. The number of carbonyl (C=O) groups excluding carboxylic acids is 1. The number of Topliss-reactive ketones (excluding diaryl/α,β-unsaturated/α-hetero) is 1. The third-order valence-electron chi connectivity index (χ3n) is 2.71. The van der Waals surface area contributed by atoms with E-state index in [2.05, 4.69) is 17.6 Å². The fourth-order valence-corrected chi connectivity index (χ4v) is 2.02. The molecule has 3 atom stereocenters. The zero-order valence-corrected chi connectivity index (χ0v) is 9.10. The van der Waals surface area contributed by atoms with E-state index in [0.29, 0.717) is 0 Å². The van der Waals surface area contributed by atoms with Crippen molar-refractivity contribution < 1.29 is 4.79 Å². The van der Waals surface area contributed by atoms with E-state index in [0.717, 1.165) is 6.54 Å². The van der Waals surface area contributed by atoms with Crippen LogP contribution in [0.3, 0.4) is 0 Å². The van der Waals surface area contributed by atoms with Crippen molar-refractivity contribution in [2.24, 2.45) is 0 Å². The van der Waals surface area contributed by atoms with Gasteiger partial charge >= 0.3 is 0 Å². The van der Waals surface area contributed by atoms with Crippen LogP contribution in [-0.4, -0.2) is 23.4 Å². The number of nitrogens with zero attached hydrogens (tertiary/aromatic N) is 1. The Kier molecular flexibility index (Phi) is 2.84. The van der Waals surface area contributed by atoms with Crippen molar-refractivity contribution in [2.45, 2.75) is 25.9 Å². The van der Waals surface area contributed by atoms with Crippen molar-refractivity contribution in [3.8, 4) is 0 Å². The van der Waals surface area contributed by atoms with E-state index >= 15 is 0 Å². The molecule has 2 rings (SSSR count). The molecule has 1 aliphatic rings. The van der Waals surface area contributed by atoms with Crippen molar-refractivity contribution in [3.63, 3.8) is 0 Å². The average molecular weight is 204 g/mol. The summed E-state index contributed by atoms with van der Waals surface area (Å²) >= 11 is 0. The van der Waals surface area contributed by atoms with E-state index in [1.807, 2.05) is 30.1 Å². The number of ketones is 1. The molecule has 0 bridgehead atoms. The molecule has 1 heterocycles. The van der Waals surface area contributed by atoms with E-state index in [9.17, 15) is 4.79 Å². The maximum atomic E-state index is 11.4. The summed E-state index contributed by atoms with van der Waals surface area (Å²) < 4.78 is 0. The van der Waals surface area contributed by atoms with Crippen molar-refractivity contribution in [2.75, 3.05) is 6.54 Å². The molecule has 80 valence electrons. The summed E-state index contributed by atoms with van der Waals surface area (Å²) in [5.74, 6) is 0.227. The largest absolute Gasteiger partial charge is 0.298 e. The normalized spacial score (nSPS) is 28.8. The highest BCUT2D eigenvalue weighted by molar-refractivity contribution is 5.85. The van der Waals surface area contributed by atoms with Crippen LogP contribution in [0.5, 0.6) is 0 Å². The highest BCUT2D eigenvalue weighted by atomic mass is 16.1. The lowest BCUT2D eigenvalue weighted by Crippen LogP contribution is -2.24. The standard InChI is InChI=1S/C12H16N2O/c1-3-13-14-11(9(2)15)12(14)10-7-5-4-6-8-10/h4-8,11-13H,3H2,1-2H3/t11-,12-,14?/m1/s1. The summed E-state index contributed by atoms with van der Waals surface area (Å²) in [6.07, 6.45) is 0. The molecule has 1 fully saturated rings. The minimum atomic E-state index is 0.0207. The van der Waals surface area contributed by atoms with Gasteiger partial charge in [-0.1, -0.05) is 37.3 Å². The van der Waals surface area contributed by atoms with Gasteiger partial charge in [0.15, 0.2) is 0 Å². The number of hydrazine groups is 1. The lowest BCUT2D eigenvalue weighted by atomic mass is 10.1. The molecule has 0 radical (unpaired) electrons. The number of hydrogen-bond acceptors (Lipinski definition) is 3. The fourth-order valence-electron chi connectivity index (χ4n) is 2.02. The highest BCUT2D eigenvalue weighted by Crippen LogP contribution is 2.41. The molecule has 0 spiro atoms. The summed E-state index contributed by atoms with van der Waals surface area (Å²) in [5, 5.41) is 2.03. The van der Waals surface area contributed by atoms with Gasteiger partial charge in [0.05, 0.1) is 6.04 Å². The number of hydrogen-bond donors (Lipinski definition) is 1. The molecule has 3 heteroatoms. The molecule has 3 nitrogen and oxygen atoms in total. The lowest BCUT2D eigenvalue weighted by molar-refractivity contribution is -0.117. The van der Waals surface area contributed by atoms with Crippen molar-refractivity contribution in [1.82, 2.24) is 10.4 Å². The van der Waals surface area contributed by atoms with Crippen LogP contribution in [0, 0.1) is 0 Å². The predicted molar refractivity (Wildman–Crippen MR) is 59.2 cm³/mol. The molecule has 0 aromatic heterocycles. The third kappa shape index (κ3) is 1.94. The molecule has 1 unspecified atom stereocenters. The Morgan fingerprint density at radius 1 is 1.40 bits per heavy atom. The smallest absolute Gasteiger partial charge is 0.150 e. The van der Waals surface area contributed by atoms with Crippen molar-refractivity contribution in [1.29, 1.82) is 0 Å². The van der Waals surface area contributed by atoms with Crippen LogP contribution in [-0.2, 0) is 4.79 Å². The summed E-state index contributed by atoms with van der Waals surface area (Å²) in [7, 11) is 0. The van der Waals surface area contributed by atoms with E-state index in [-0.39, 0.29) is 17.9 Å².